The van der Waals surface area contributed by atoms with Crippen LogP contribution in [-0.4, -0.2) is 99.2 Å². The molecule has 0 spiro atoms. The van der Waals surface area contributed by atoms with E-state index >= 15 is 13.2 Å². The van der Waals surface area contributed by atoms with Gasteiger partial charge in [-0.25, -0.2) is 14.4 Å². The number of piperazine rings is 1. The smallest absolute Gasteiger partial charge is 0.333 e. The van der Waals surface area contributed by atoms with Crippen molar-refractivity contribution in [2.75, 3.05) is 45.7 Å². The van der Waals surface area contributed by atoms with Crippen molar-refractivity contribution in [1.29, 1.82) is 0 Å². The van der Waals surface area contributed by atoms with Gasteiger partial charge in [-0.3, -0.25) is 19.2 Å². The molecule has 280 valence electrons. The van der Waals surface area contributed by atoms with E-state index in [1.54, 1.807) is 11.8 Å². The first-order valence-electron chi connectivity index (χ1n) is 17.2. The van der Waals surface area contributed by atoms with Crippen molar-refractivity contribution >= 4 is 40.7 Å². The maximum absolute atomic E-state index is 15.8. The minimum absolute atomic E-state index is 0.140. The van der Waals surface area contributed by atoms with Crippen molar-refractivity contribution in [2.24, 2.45) is 17.8 Å². The van der Waals surface area contributed by atoms with Gasteiger partial charge in [-0.05, 0) is 61.0 Å². The number of alkyl halides is 2. The molecule has 1 aliphatic carbocycles. The van der Waals surface area contributed by atoms with Crippen LogP contribution in [0, 0.1) is 23.6 Å². The van der Waals surface area contributed by atoms with Gasteiger partial charge in [0.1, 0.15) is 16.7 Å². The highest BCUT2D eigenvalue weighted by molar-refractivity contribution is 7.07. The van der Waals surface area contributed by atoms with Gasteiger partial charge < -0.3 is 25.2 Å². The summed E-state index contributed by atoms with van der Waals surface area (Å²) in [7, 11) is 3.23. The van der Waals surface area contributed by atoms with Gasteiger partial charge in [-0.1, -0.05) is 37.2 Å². The maximum Gasteiger partial charge on any atom is 0.333 e. The summed E-state index contributed by atoms with van der Waals surface area (Å²) in [5, 5.41) is 9.01. The Morgan fingerprint density at radius 2 is 1.71 bits per heavy atom. The minimum Gasteiger partial charge on any atom is -0.467 e. The number of nitrogens with one attached hydrogen (secondary N) is 2. The molecule has 1 saturated heterocycles. The van der Waals surface area contributed by atoms with E-state index < -0.39 is 59.2 Å². The van der Waals surface area contributed by atoms with Gasteiger partial charge in [-0.15, -0.1) is 5.10 Å². The maximum atomic E-state index is 15.8. The third-order valence-electron chi connectivity index (χ3n) is 10.1. The number of benzene rings is 1. The quantitative estimate of drug-likeness (QED) is 0.259. The van der Waals surface area contributed by atoms with E-state index in [0.29, 0.717) is 50.5 Å². The first kappa shape index (κ1) is 38.7. The Morgan fingerprint density at radius 1 is 1.04 bits per heavy atom. The minimum atomic E-state index is -3.97. The number of anilines is 1. The van der Waals surface area contributed by atoms with E-state index in [2.05, 4.69) is 42.0 Å². The second-order valence-electron chi connectivity index (χ2n) is 13.7. The molecular formula is C35H43F3N8O5S. The normalized spacial score (nSPS) is 20.0. The van der Waals surface area contributed by atoms with Crippen LogP contribution in [0.25, 0.3) is 0 Å². The molecule has 0 bridgehead atoms. The summed E-state index contributed by atoms with van der Waals surface area (Å²) in [6, 6.07) is 2.84. The molecule has 3 heterocycles. The van der Waals surface area contributed by atoms with Gasteiger partial charge in [0, 0.05) is 56.8 Å². The lowest BCUT2D eigenvalue weighted by Gasteiger charge is -2.36. The molecule has 2 N–H and O–H groups in total. The zero-order valence-corrected chi connectivity index (χ0v) is 30.3. The topological polar surface area (TPSA) is 160 Å². The molecule has 1 aliphatic heterocycles. The van der Waals surface area contributed by atoms with E-state index in [1.165, 1.54) is 31.5 Å². The van der Waals surface area contributed by atoms with Crippen LogP contribution >= 0.6 is 11.5 Å². The first-order chi connectivity index (χ1) is 24.8. The summed E-state index contributed by atoms with van der Waals surface area (Å²) >= 11 is 0.878. The number of hydrogen-bond acceptors (Lipinski definition) is 11. The summed E-state index contributed by atoms with van der Waals surface area (Å²) in [6.07, 6.45) is 4.76. The molecule has 1 saturated carbocycles. The molecule has 3 aromatic rings. The number of carbonyl (C=O) groups excluding carboxylic acids is 4. The van der Waals surface area contributed by atoms with Crippen molar-refractivity contribution in [1.82, 2.24) is 34.7 Å². The molecule has 2 aliphatic rings. The van der Waals surface area contributed by atoms with E-state index in [-0.39, 0.29) is 28.4 Å². The Morgan fingerprint density at radius 3 is 2.31 bits per heavy atom. The second kappa shape index (κ2) is 16.9. The highest BCUT2D eigenvalue weighted by Gasteiger charge is 2.45. The van der Waals surface area contributed by atoms with Gasteiger partial charge in [-0.2, -0.15) is 8.78 Å². The molecule has 2 aromatic heterocycles. The fourth-order valence-electron chi connectivity index (χ4n) is 6.67. The molecule has 2 fully saturated rings. The zero-order valence-electron chi connectivity index (χ0n) is 29.5. The number of ketones is 1. The average molecular weight is 745 g/mol. The lowest BCUT2D eigenvalue weighted by molar-refractivity contribution is -0.147. The number of likely N-dealkylation sites (N-methyl/N-ethyl adjacent to an activating group) is 1. The van der Waals surface area contributed by atoms with Crippen LogP contribution in [0.5, 0.6) is 6.01 Å². The number of Topliss-reactive ketones (excluding diaryl/α,β-unsaturated/α-hetero) is 1. The molecule has 1 aromatic carbocycles. The molecule has 17 heteroatoms. The Bertz CT molecular complexity index is 1720. The number of halogens is 3. The van der Waals surface area contributed by atoms with Crippen LogP contribution in [0.15, 0.2) is 36.8 Å². The monoisotopic (exact) mass is 744 g/mol. The van der Waals surface area contributed by atoms with Gasteiger partial charge in [0.05, 0.1) is 24.6 Å². The van der Waals surface area contributed by atoms with Crippen molar-refractivity contribution in [3.63, 3.8) is 0 Å². The summed E-state index contributed by atoms with van der Waals surface area (Å²) in [5.41, 5.74) is -0.561. The Kier molecular flexibility index (Phi) is 12.6. The molecule has 13 nitrogen and oxygen atoms in total. The summed E-state index contributed by atoms with van der Waals surface area (Å²) in [4.78, 5) is 65.0. The third kappa shape index (κ3) is 9.10. The molecule has 52 heavy (non-hydrogen) atoms. The number of rotatable bonds is 13. The Hall–Kier alpha value is -4.51. The highest BCUT2D eigenvalue weighted by atomic mass is 32.1. The Balaban J connectivity index is 1.34. The molecule has 0 radical (unpaired) electrons. The van der Waals surface area contributed by atoms with E-state index in [1.807, 2.05) is 7.05 Å². The van der Waals surface area contributed by atoms with E-state index in [9.17, 15) is 19.2 Å². The summed E-state index contributed by atoms with van der Waals surface area (Å²) in [6.45, 7) is 5.98. The molecule has 3 atom stereocenters. The predicted molar refractivity (Wildman–Crippen MR) is 185 cm³/mol. The predicted octanol–water partition coefficient (Wildman–Crippen LogP) is 4.28. The third-order valence-corrected chi connectivity index (χ3v) is 10.8. The number of aromatic nitrogens is 4. The van der Waals surface area contributed by atoms with Crippen molar-refractivity contribution < 1.29 is 37.1 Å². The van der Waals surface area contributed by atoms with Crippen molar-refractivity contribution in [2.45, 2.75) is 63.8 Å². The highest BCUT2D eigenvalue weighted by Crippen LogP contribution is 2.39. The number of methoxy groups -OCH3 is 1. The average Bonchev–Trinajstić information content (AvgIpc) is 3.69. The zero-order chi connectivity index (χ0) is 37.6. The van der Waals surface area contributed by atoms with Gasteiger partial charge in [0.25, 0.3) is 5.91 Å². The van der Waals surface area contributed by atoms with Crippen LogP contribution in [0.1, 0.15) is 72.7 Å². The van der Waals surface area contributed by atoms with Crippen LogP contribution in [0.4, 0.5) is 18.9 Å². The van der Waals surface area contributed by atoms with E-state index in [4.69, 9.17) is 4.74 Å². The largest absolute Gasteiger partial charge is 0.467 e. The van der Waals surface area contributed by atoms with Gasteiger partial charge in [0.2, 0.25) is 17.6 Å². The number of hydrogen-bond donors (Lipinski definition) is 2. The second-order valence-corrected chi connectivity index (χ2v) is 14.5. The fraction of sp³-hybridized carbons (Fsp3) is 0.543. The molecule has 0 unspecified atom stereocenters. The van der Waals surface area contributed by atoms with E-state index in [0.717, 1.165) is 36.8 Å². The van der Waals surface area contributed by atoms with Crippen LogP contribution in [0.2, 0.25) is 0 Å². The molecule has 5 rings (SSSR count). The Labute approximate surface area is 303 Å². The summed E-state index contributed by atoms with van der Waals surface area (Å²) < 4.78 is 55.0. The van der Waals surface area contributed by atoms with Crippen molar-refractivity contribution in [3.8, 4) is 6.01 Å². The van der Waals surface area contributed by atoms with Gasteiger partial charge >= 0.3 is 11.9 Å². The first-order valence-corrected chi connectivity index (χ1v) is 18.0. The van der Waals surface area contributed by atoms with Crippen molar-refractivity contribution in [3.05, 3.63) is 58.6 Å². The van der Waals surface area contributed by atoms with Crippen LogP contribution < -0.4 is 15.4 Å². The number of carbonyl (C=O) groups is 4. The number of nitrogens with zero attached hydrogens (tertiary/aromatic N) is 6. The standard InChI is InChI=1S/C35H43F3N8O5S/c1-20-5-7-22(8-6-20)25(16-29(47)35(37,38)24-17-39-34(51-4)40-18-24)31(48)42-27-10-9-23(15-26(27)36)21(2)30(43-32(49)28-19-41-44-52-28)33(50)46-13-11-45(3)12-14-46/h9-10,15,17-22,25,30H,5-8,11-14,16H2,1-4H3,(H,42,48)(H,43,49)/t20?,21-,22?,25-,30+/m0/s1. The lowest BCUT2D eigenvalue weighted by Crippen LogP contribution is -2.55. The fourth-order valence-corrected chi connectivity index (χ4v) is 7.09. The van der Waals surface area contributed by atoms with Crippen LogP contribution in [-0.2, 0) is 20.3 Å². The van der Waals surface area contributed by atoms with Gasteiger partial charge in [0.15, 0.2) is 0 Å². The SMILES string of the molecule is COc1ncc(C(F)(F)C(=O)C[C@H](C(=O)Nc2ccc([C@H](C)[C@@H](NC(=O)c3cnns3)C(=O)N3CCN(C)CC3)cc2F)C2CCC(C)CC2)cn1. The molecule has 3 amide bonds. The number of ether oxygens (including phenoxy) is 1. The number of amides is 3. The lowest BCUT2D eigenvalue weighted by atomic mass is 9.74. The summed E-state index contributed by atoms with van der Waals surface area (Å²) in [5.74, 6) is -9.72. The van der Waals surface area contributed by atoms with Crippen LogP contribution in [0.3, 0.4) is 0 Å². The molecular weight excluding hydrogens is 701 g/mol.